The minimum Gasteiger partial charge on any atom is -0.396 e. The van der Waals surface area contributed by atoms with E-state index < -0.39 is 0 Å². The predicted molar refractivity (Wildman–Crippen MR) is 66.5 cm³/mol. The first-order valence-corrected chi connectivity index (χ1v) is 6.82. The molecule has 2 atom stereocenters. The molecule has 1 saturated heterocycles. The van der Waals surface area contributed by atoms with Crippen LogP contribution in [0.25, 0.3) is 0 Å². The van der Waals surface area contributed by atoms with Gasteiger partial charge in [-0.25, -0.2) is 4.98 Å². The number of hydrogen-bond donors (Lipinski definition) is 1. The summed E-state index contributed by atoms with van der Waals surface area (Å²) in [5, 5.41) is 9.24. The molecule has 0 amide bonds. The average molecular weight is 240 g/mol. The summed E-state index contributed by atoms with van der Waals surface area (Å²) in [7, 11) is 0. The van der Waals surface area contributed by atoms with E-state index in [1.807, 2.05) is 5.51 Å². The number of aliphatic hydroxyl groups is 1. The van der Waals surface area contributed by atoms with Crippen LogP contribution in [-0.4, -0.2) is 34.2 Å². The second-order valence-corrected chi connectivity index (χ2v) is 5.70. The number of piperidine rings is 1. The molecule has 0 spiro atoms. The molecular formula is C12H20N2OS. The number of rotatable bonds is 3. The summed E-state index contributed by atoms with van der Waals surface area (Å²) in [6.07, 6.45) is 2.36. The summed E-state index contributed by atoms with van der Waals surface area (Å²) < 4.78 is 0. The lowest BCUT2D eigenvalue weighted by Gasteiger charge is -2.37. The van der Waals surface area contributed by atoms with E-state index in [2.05, 4.69) is 23.7 Å². The summed E-state index contributed by atoms with van der Waals surface area (Å²) in [6.45, 7) is 6.70. The Labute approximate surface area is 101 Å². The van der Waals surface area contributed by atoms with Gasteiger partial charge in [-0.2, -0.15) is 0 Å². The monoisotopic (exact) mass is 240 g/mol. The molecule has 1 fully saturated rings. The molecule has 0 bridgehead atoms. The number of hydrogen-bond acceptors (Lipinski definition) is 4. The third kappa shape index (κ3) is 2.62. The van der Waals surface area contributed by atoms with E-state index in [-0.39, 0.29) is 0 Å². The van der Waals surface area contributed by atoms with Gasteiger partial charge in [0.2, 0.25) is 0 Å². The van der Waals surface area contributed by atoms with Crippen molar-refractivity contribution in [3.05, 3.63) is 16.1 Å². The largest absolute Gasteiger partial charge is 0.396 e. The van der Waals surface area contributed by atoms with Crippen molar-refractivity contribution in [3.8, 4) is 0 Å². The molecule has 0 saturated carbocycles. The van der Waals surface area contributed by atoms with Crippen LogP contribution in [0.15, 0.2) is 5.51 Å². The van der Waals surface area contributed by atoms with Gasteiger partial charge in [0.15, 0.2) is 0 Å². The van der Waals surface area contributed by atoms with Gasteiger partial charge in [-0.05, 0) is 32.6 Å². The molecule has 1 aromatic heterocycles. The Hall–Kier alpha value is -0.450. The molecule has 90 valence electrons. The Morgan fingerprint density at radius 1 is 1.56 bits per heavy atom. The van der Waals surface area contributed by atoms with Crippen molar-refractivity contribution in [3.63, 3.8) is 0 Å². The fraction of sp³-hybridized carbons (Fsp3) is 0.750. The summed E-state index contributed by atoms with van der Waals surface area (Å²) in [6, 6.07) is 0.629. The number of thiazole rings is 1. The van der Waals surface area contributed by atoms with Gasteiger partial charge in [0.25, 0.3) is 0 Å². The quantitative estimate of drug-likeness (QED) is 0.878. The Bertz CT molecular complexity index is 340. The zero-order valence-electron chi connectivity index (χ0n) is 10.0. The van der Waals surface area contributed by atoms with Crippen molar-refractivity contribution in [1.82, 2.24) is 9.88 Å². The van der Waals surface area contributed by atoms with Crippen LogP contribution in [0.4, 0.5) is 0 Å². The van der Waals surface area contributed by atoms with E-state index in [0.717, 1.165) is 25.2 Å². The van der Waals surface area contributed by atoms with E-state index in [9.17, 15) is 5.11 Å². The van der Waals surface area contributed by atoms with Gasteiger partial charge >= 0.3 is 0 Å². The second kappa shape index (κ2) is 5.25. The van der Waals surface area contributed by atoms with Crippen molar-refractivity contribution < 1.29 is 5.11 Å². The molecule has 3 nitrogen and oxygen atoms in total. The van der Waals surface area contributed by atoms with Crippen molar-refractivity contribution >= 4 is 11.3 Å². The molecule has 1 N–H and O–H groups in total. The van der Waals surface area contributed by atoms with E-state index in [4.69, 9.17) is 0 Å². The highest BCUT2D eigenvalue weighted by molar-refractivity contribution is 7.09. The van der Waals surface area contributed by atoms with Crippen molar-refractivity contribution in [2.75, 3.05) is 13.2 Å². The summed E-state index contributed by atoms with van der Waals surface area (Å²) in [5.41, 5.74) is 3.08. The van der Waals surface area contributed by atoms with Crippen LogP contribution in [0, 0.1) is 12.8 Å². The predicted octanol–water partition coefficient (Wildman–Crippen LogP) is 2.04. The van der Waals surface area contributed by atoms with Crippen LogP contribution in [0.5, 0.6) is 0 Å². The molecule has 1 aliphatic heterocycles. The SMILES string of the molecule is Cc1ncsc1CN1CC(CO)CCC1C. The number of aryl methyl sites for hydroxylation is 1. The molecule has 0 radical (unpaired) electrons. The van der Waals surface area contributed by atoms with E-state index >= 15 is 0 Å². The van der Waals surface area contributed by atoms with E-state index in [1.54, 1.807) is 11.3 Å². The number of nitrogens with zero attached hydrogens (tertiary/aromatic N) is 2. The first-order chi connectivity index (χ1) is 7.70. The Balaban J connectivity index is 1.99. The first kappa shape index (κ1) is 12.0. The van der Waals surface area contributed by atoms with Gasteiger partial charge in [0, 0.05) is 30.6 Å². The van der Waals surface area contributed by atoms with Gasteiger partial charge in [0.05, 0.1) is 11.2 Å². The molecule has 1 aromatic rings. The number of likely N-dealkylation sites (tertiary alicyclic amines) is 1. The van der Waals surface area contributed by atoms with Crippen LogP contribution in [0.2, 0.25) is 0 Å². The van der Waals surface area contributed by atoms with Crippen LogP contribution in [0.3, 0.4) is 0 Å². The summed E-state index contributed by atoms with van der Waals surface area (Å²) >= 11 is 1.74. The number of aromatic nitrogens is 1. The normalized spacial score (nSPS) is 27.2. The minimum absolute atomic E-state index is 0.324. The van der Waals surface area contributed by atoms with E-state index in [1.165, 1.54) is 11.3 Å². The highest BCUT2D eigenvalue weighted by Crippen LogP contribution is 2.25. The lowest BCUT2D eigenvalue weighted by Crippen LogP contribution is -2.42. The first-order valence-electron chi connectivity index (χ1n) is 5.94. The van der Waals surface area contributed by atoms with Crippen LogP contribution < -0.4 is 0 Å². The highest BCUT2D eigenvalue weighted by atomic mass is 32.1. The Kier molecular flexibility index (Phi) is 3.95. The molecule has 2 heterocycles. The Morgan fingerprint density at radius 3 is 3.00 bits per heavy atom. The molecule has 16 heavy (non-hydrogen) atoms. The molecule has 0 aromatic carbocycles. The minimum atomic E-state index is 0.324. The lowest BCUT2D eigenvalue weighted by atomic mass is 9.94. The molecule has 2 unspecified atom stereocenters. The summed E-state index contributed by atoms with van der Waals surface area (Å²) in [4.78, 5) is 8.13. The number of aliphatic hydroxyl groups excluding tert-OH is 1. The lowest BCUT2D eigenvalue weighted by molar-refractivity contribution is 0.0777. The maximum Gasteiger partial charge on any atom is 0.0798 e. The highest BCUT2D eigenvalue weighted by Gasteiger charge is 2.25. The van der Waals surface area contributed by atoms with Gasteiger partial charge in [-0.3, -0.25) is 4.90 Å². The van der Waals surface area contributed by atoms with Crippen LogP contribution in [-0.2, 0) is 6.54 Å². The summed E-state index contributed by atoms with van der Waals surface area (Å²) in [5.74, 6) is 0.462. The van der Waals surface area contributed by atoms with Gasteiger partial charge in [-0.1, -0.05) is 0 Å². The third-order valence-electron chi connectivity index (χ3n) is 3.56. The molecule has 4 heteroatoms. The van der Waals surface area contributed by atoms with E-state index in [0.29, 0.717) is 18.6 Å². The van der Waals surface area contributed by atoms with Crippen molar-refractivity contribution in [2.45, 2.75) is 39.3 Å². The fourth-order valence-corrected chi connectivity index (χ4v) is 3.10. The van der Waals surface area contributed by atoms with Crippen molar-refractivity contribution in [1.29, 1.82) is 0 Å². The van der Waals surface area contributed by atoms with Gasteiger partial charge in [0.1, 0.15) is 0 Å². The molecule has 0 aliphatic carbocycles. The molecular weight excluding hydrogens is 220 g/mol. The Morgan fingerprint density at radius 2 is 2.38 bits per heavy atom. The maximum atomic E-state index is 9.24. The molecule has 2 rings (SSSR count). The topological polar surface area (TPSA) is 36.4 Å². The van der Waals surface area contributed by atoms with Crippen LogP contribution >= 0.6 is 11.3 Å². The smallest absolute Gasteiger partial charge is 0.0798 e. The van der Waals surface area contributed by atoms with Crippen molar-refractivity contribution in [2.24, 2.45) is 5.92 Å². The maximum absolute atomic E-state index is 9.24. The third-order valence-corrected chi connectivity index (χ3v) is 4.48. The van der Waals surface area contributed by atoms with Gasteiger partial charge in [-0.15, -0.1) is 11.3 Å². The zero-order valence-corrected chi connectivity index (χ0v) is 10.8. The fourth-order valence-electron chi connectivity index (χ4n) is 2.29. The molecule has 1 aliphatic rings. The zero-order chi connectivity index (χ0) is 11.5. The van der Waals surface area contributed by atoms with Gasteiger partial charge < -0.3 is 5.11 Å². The van der Waals surface area contributed by atoms with Crippen LogP contribution in [0.1, 0.15) is 30.3 Å². The average Bonchev–Trinajstić information content (AvgIpc) is 2.68. The second-order valence-electron chi connectivity index (χ2n) is 4.77. The standard InChI is InChI=1S/C12H20N2OS/c1-9-3-4-11(7-15)5-14(9)6-12-10(2)13-8-16-12/h8-9,11,15H,3-7H2,1-2H3.